The largest absolute Gasteiger partial charge is 0.632 e. The highest BCUT2D eigenvalue weighted by atomic mass is 16.5. The van der Waals surface area contributed by atoms with E-state index in [9.17, 15) is 4.79 Å². The zero-order valence-corrected chi connectivity index (χ0v) is 10.7. The van der Waals surface area contributed by atoms with Crippen LogP contribution in [0.3, 0.4) is 0 Å². The van der Waals surface area contributed by atoms with E-state index in [0.717, 1.165) is 17.5 Å². The summed E-state index contributed by atoms with van der Waals surface area (Å²) in [6.45, 7) is -0.752. The molecule has 19 heavy (non-hydrogen) atoms. The Morgan fingerprint density at radius 2 is 1.42 bits per heavy atom. The van der Waals surface area contributed by atoms with Crippen LogP contribution in [0.5, 0.6) is 0 Å². The van der Waals surface area contributed by atoms with E-state index in [-0.39, 0.29) is 5.97 Å². The minimum Gasteiger partial charge on any atom is -0.632 e. The minimum absolute atomic E-state index is 0.116. The van der Waals surface area contributed by atoms with Crippen molar-refractivity contribution >= 4 is 23.4 Å². The lowest BCUT2D eigenvalue weighted by molar-refractivity contribution is -0.543. The molecule has 1 aliphatic rings. The molecular formula is C15H16BNO2. The molecule has 0 saturated carbocycles. The molecule has 0 unspecified atom stereocenters. The SMILES string of the molecule is O=C1CC[NH2+][B-](c2ccccc2)(c2ccccc2)O1. The maximum absolute atomic E-state index is 11.8. The van der Waals surface area contributed by atoms with Crippen LogP contribution in [0.1, 0.15) is 6.42 Å². The summed E-state index contributed by atoms with van der Waals surface area (Å²) in [6.07, 6.45) is 0.475. The van der Waals surface area contributed by atoms with Crippen LogP contribution in [0.2, 0.25) is 0 Å². The summed E-state index contributed by atoms with van der Waals surface area (Å²) in [5.74, 6) is -0.116. The van der Waals surface area contributed by atoms with Crippen LogP contribution in [0.4, 0.5) is 0 Å². The third-order valence-electron chi connectivity index (χ3n) is 3.75. The average molecular weight is 253 g/mol. The van der Waals surface area contributed by atoms with E-state index in [2.05, 4.69) is 5.23 Å². The van der Waals surface area contributed by atoms with Gasteiger partial charge in [-0.2, -0.15) is 0 Å². The van der Waals surface area contributed by atoms with E-state index in [1.807, 2.05) is 60.7 Å². The van der Waals surface area contributed by atoms with Crippen molar-refractivity contribution < 1.29 is 14.7 Å². The van der Waals surface area contributed by atoms with Gasteiger partial charge in [0.1, 0.15) is 0 Å². The lowest BCUT2D eigenvalue weighted by Gasteiger charge is -2.41. The molecule has 0 atom stereocenters. The van der Waals surface area contributed by atoms with Crippen LogP contribution < -0.4 is 16.2 Å². The Hall–Kier alpha value is -2.07. The molecule has 3 nitrogen and oxygen atoms in total. The van der Waals surface area contributed by atoms with Crippen molar-refractivity contribution in [1.82, 2.24) is 0 Å². The Kier molecular flexibility index (Phi) is 3.09. The van der Waals surface area contributed by atoms with Crippen LogP contribution in [-0.4, -0.2) is 19.0 Å². The van der Waals surface area contributed by atoms with Gasteiger partial charge in [0.25, 0.3) is 5.97 Å². The van der Waals surface area contributed by atoms with Crippen molar-refractivity contribution in [2.45, 2.75) is 6.42 Å². The Labute approximate surface area is 112 Å². The van der Waals surface area contributed by atoms with Crippen LogP contribution >= 0.6 is 0 Å². The molecule has 1 heterocycles. The van der Waals surface area contributed by atoms with Crippen molar-refractivity contribution in [2.75, 3.05) is 6.54 Å². The van der Waals surface area contributed by atoms with E-state index in [0.29, 0.717) is 6.42 Å². The molecule has 0 spiro atoms. The standard InChI is InChI=1S/C15H16BNO2/c18-15-11-12-17-16(19-15,13-7-3-1-4-8-13)14-9-5-2-6-10-14/h1-10H,11-12,17H2. The van der Waals surface area contributed by atoms with Gasteiger partial charge in [0, 0.05) is 6.54 Å². The zero-order valence-electron chi connectivity index (χ0n) is 10.7. The predicted octanol–water partition coefficient (Wildman–Crippen LogP) is -0.247. The lowest BCUT2D eigenvalue weighted by Crippen LogP contribution is -3.10. The first kappa shape index (κ1) is 12.0. The number of rotatable bonds is 2. The number of quaternary nitrogens is 1. The molecule has 1 saturated heterocycles. The maximum atomic E-state index is 11.8. The second kappa shape index (κ2) is 4.90. The Morgan fingerprint density at radius 3 is 1.89 bits per heavy atom. The molecule has 1 aliphatic heterocycles. The molecule has 3 rings (SSSR count). The van der Waals surface area contributed by atoms with Crippen LogP contribution in [-0.2, 0) is 9.45 Å². The van der Waals surface area contributed by atoms with E-state index in [1.165, 1.54) is 0 Å². The molecule has 0 aliphatic carbocycles. The highest BCUT2D eigenvalue weighted by molar-refractivity contribution is 6.91. The van der Waals surface area contributed by atoms with Crippen LogP contribution in [0.15, 0.2) is 60.7 Å². The fourth-order valence-corrected chi connectivity index (χ4v) is 2.83. The van der Waals surface area contributed by atoms with Gasteiger partial charge in [-0.15, -0.1) is 0 Å². The Bertz CT molecular complexity index is 532. The summed E-state index contributed by atoms with van der Waals surface area (Å²) in [5, 5.41) is 2.16. The van der Waals surface area contributed by atoms with Crippen molar-refractivity contribution in [1.29, 1.82) is 0 Å². The summed E-state index contributed by atoms with van der Waals surface area (Å²) in [5.41, 5.74) is 2.11. The van der Waals surface area contributed by atoms with Gasteiger partial charge in [0.2, 0.25) is 0 Å². The summed E-state index contributed by atoms with van der Waals surface area (Å²) in [7, 11) is 0. The first-order chi connectivity index (χ1) is 9.31. The van der Waals surface area contributed by atoms with E-state index in [1.54, 1.807) is 0 Å². The third kappa shape index (κ3) is 2.15. The molecule has 0 bridgehead atoms. The topological polar surface area (TPSA) is 42.9 Å². The molecule has 0 radical (unpaired) electrons. The lowest BCUT2D eigenvalue weighted by atomic mass is 9.41. The smallest absolute Gasteiger partial charge is 0.440 e. The van der Waals surface area contributed by atoms with Crippen LogP contribution in [0, 0.1) is 0 Å². The van der Waals surface area contributed by atoms with Gasteiger partial charge in [-0.1, -0.05) is 71.6 Å². The maximum Gasteiger partial charge on any atom is 0.440 e. The highest BCUT2D eigenvalue weighted by Crippen LogP contribution is 2.05. The highest BCUT2D eigenvalue weighted by Gasteiger charge is 2.42. The third-order valence-corrected chi connectivity index (χ3v) is 3.75. The summed E-state index contributed by atoms with van der Waals surface area (Å²) < 4.78 is 5.81. The summed E-state index contributed by atoms with van der Waals surface area (Å²) in [6, 6.07) is 20.0. The quantitative estimate of drug-likeness (QED) is 0.750. The fraction of sp³-hybridized carbons (Fsp3) is 0.133. The number of nitrogens with two attached hydrogens (primary N) is 1. The first-order valence-electron chi connectivity index (χ1n) is 6.64. The molecule has 1 fully saturated rings. The monoisotopic (exact) mass is 253 g/mol. The second-order valence-electron chi connectivity index (χ2n) is 4.94. The van der Waals surface area contributed by atoms with Crippen molar-refractivity contribution in [3.8, 4) is 0 Å². The van der Waals surface area contributed by atoms with Gasteiger partial charge in [0.05, 0.1) is 6.42 Å². The Balaban J connectivity index is 2.13. The normalized spacial score (nSPS) is 17.8. The molecule has 0 amide bonds. The van der Waals surface area contributed by atoms with Gasteiger partial charge in [-0.3, -0.25) is 4.79 Å². The van der Waals surface area contributed by atoms with Crippen molar-refractivity contribution in [3.05, 3.63) is 60.7 Å². The van der Waals surface area contributed by atoms with Gasteiger partial charge in [-0.25, -0.2) is 0 Å². The zero-order chi connectivity index (χ0) is 13.1. The molecule has 2 aromatic carbocycles. The molecule has 0 aromatic heterocycles. The Morgan fingerprint density at radius 1 is 0.895 bits per heavy atom. The van der Waals surface area contributed by atoms with Crippen LogP contribution in [0.25, 0.3) is 0 Å². The summed E-state index contributed by atoms with van der Waals surface area (Å²) >= 11 is 0. The van der Waals surface area contributed by atoms with E-state index < -0.39 is 6.48 Å². The fourth-order valence-electron chi connectivity index (χ4n) is 2.83. The van der Waals surface area contributed by atoms with Gasteiger partial charge in [-0.05, 0) is 0 Å². The number of carbonyl (C=O) groups excluding carboxylic acids is 1. The number of hydrogen-bond donors (Lipinski definition) is 1. The van der Waals surface area contributed by atoms with E-state index >= 15 is 0 Å². The van der Waals surface area contributed by atoms with Gasteiger partial charge >= 0.3 is 6.48 Å². The molecule has 4 heteroatoms. The molecule has 2 N–H and O–H groups in total. The number of carbonyl (C=O) groups is 1. The molecule has 96 valence electrons. The summed E-state index contributed by atoms with van der Waals surface area (Å²) in [4.78, 5) is 11.8. The predicted molar refractivity (Wildman–Crippen MR) is 75.4 cm³/mol. The molecule has 2 aromatic rings. The van der Waals surface area contributed by atoms with E-state index in [4.69, 9.17) is 4.65 Å². The second-order valence-corrected chi connectivity index (χ2v) is 4.94. The van der Waals surface area contributed by atoms with Crippen molar-refractivity contribution in [2.24, 2.45) is 0 Å². The molecular weight excluding hydrogens is 237 g/mol. The first-order valence-corrected chi connectivity index (χ1v) is 6.64. The average Bonchev–Trinajstić information content (AvgIpc) is 2.49. The number of benzene rings is 2. The van der Waals surface area contributed by atoms with Gasteiger partial charge in [0.15, 0.2) is 0 Å². The van der Waals surface area contributed by atoms with Crippen molar-refractivity contribution in [3.63, 3.8) is 0 Å². The number of hydrogen-bond acceptors (Lipinski definition) is 2. The van der Waals surface area contributed by atoms with Gasteiger partial charge < -0.3 is 9.88 Å². The minimum atomic E-state index is -1.52.